The molecule has 212 valence electrons. The zero-order valence-electron chi connectivity index (χ0n) is 19.9. The third kappa shape index (κ3) is 5.62. The summed E-state index contributed by atoms with van der Waals surface area (Å²) in [4.78, 5) is 26.1. The number of likely N-dealkylation sites (tertiary alicyclic amines) is 1. The van der Waals surface area contributed by atoms with Gasteiger partial charge >= 0.3 is 12.4 Å². The predicted octanol–water partition coefficient (Wildman–Crippen LogP) is 7.05. The molecule has 1 unspecified atom stereocenters. The number of amides is 1. The van der Waals surface area contributed by atoms with Crippen LogP contribution in [0.2, 0.25) is 10.0 Å². The van der Waals surface area contributed by atoms with Gasteiger partial charge in [0.2, 0.25) is 5.91 Å². The maximum atomic E-state index is 14.6. The Morgan fingerprint density at radius 2 is 1.62 bits per heavy atom. The zero-order valence-corrected chi connectivity index (χ0v) is 22.3. The van der Waals surface area contributed by atoms with Crippen molar-refractivity contribution in [2.45, 2.75) is 49.2 Å². The molecule has 1 atom stereocenters. The van der Waals surface area contributed by atoms with Gasteiger partial charge < -0.3 is 9.64 Å². The summed E-state index contributed by atoms with van der Waals surface area (Å²) in [7, 11) is 0. The van der Waals surface area contributed by atoms with E-state index in [1.807, 2.05) is 0 Å². The van der Waals surface area contributed by atoms with E-state index in [4.69, 9.17) is 27.9 Å². The Morgan fingerprint density at radius 1 is 1.00 bits per heavy atom. The zero-order chi connectivity index (χ0) is 29.0. The molecule has 14 heteroatoms. The number of ketones is 1. The summed E-state index contributed by atoms with van der Waals surface area (Å²) in [6, 6.07) is 5.76. The number of alkyl halides is 6. The van der Waals surface area contributed by atoms with Crippen LogP contribution in [0, 0.1) is 5.82 Å². The summed E-state index contributed by atoms with van der Waals surface area (Å²) in [5.74, 6) is -3.31. The molecule has 4 nitrogen and oxygen atoms in total. The van der Waals surface area contributed by atoms with E-state index in [2.05, 4.69) is 12.6 Å². The van der Waals surface area contributed by atoms with Gasteiger partial charge in [0.15, 0.2) is 11.6 Å². The highest BCUT2D eigenvalue weighted by Gasteiger charge is 2.57. The molecule has 0 saturated carbocycles. The molecule has 1 spiro atoms. The summed E-state index contributed by atoms with van der Waals surface area (Å²) in [5.41, 5.74) is -3.31. The number of fused-ring (bicyclic) bond motifs is 2. The summed E-state index contributed by atoms with van der Waals surface area (Å²) in [6.45, 7) is -0.275. The molecule has 2 heterocycles. The van der Waals surface area contributed by atoms with Gasteiger partial charge in [-0.25, -0.2) is 4.39 Å². The normalized spacial score (nSPS) is 18.1. The van der Waals surface area contributed by atoms with Gasteiger partial charge in [-0.3, -0.25) is 9.59 Å². The molecule has 0 aliphatic carbocycles. The molecule has 2 aromatic carbocycles. The highest BCUT2D eigenvalue weighted by molar-refractivity contribution is 7.80. The molecule has 0 N–H and O–H groups in total. The van der Waals surface area contributed by atoms with Gasteiger partial charge in [-0.1, -0.05) is 35.3 Å². The number of hydrogen-bond acceptors (Lipinski definition) is 4. The molecule has 4 rings (SSSR count). The van der Waals surface area contributed by atoms with E-state index < -0.39 is 75.7 Å². The second-order valence-electron chi connectivity index (χ2n) is 9.60. The van der Waals surface area contributed by atoms with Crippen molar-refractivity contribution in [3.63, 3.8) is 0 Å². The largest absolute Gasteiger partial charge is 0.398 e. The molecule has 1 fully saturated rings. The van der Waals surface area contributed by atoms with Gasteiger partial charge in [-0.15, -0.1) is 0 Å². The Balaban J connectivity index is 1.60. The Labute approximate surface area is 233 Å². The van der Waals surface area contributed by atoms with Crippen LogP contribution in [0.15, 0.2) is 30.3 Å². The van der Waals surface area contributed by atoms with Crippen LogP contribution in [0.5, 0.6) is 0 Å². The minimum atomic E-state index is -4.96. The van der Waals surface area contributed by atoms with Crippen LogP contribution in [0.4, 0.5) is 30.7 Å². The number of benzene rings is 2. The topological polar surface area (TPSA) is 46.6 Å². The van der Waals surface area contributed by atoms with E-state index in [9.17, 15) is 40.3 Å². The Morgan fingerprint density at radius 3 is 2.15 bits per heavy atom. The lowest BCUT2D eigenvalue weighted by Crippen LogP contribution is -2.61. The Bertz CT molecular complexity index is 1290. The fourth-order valence-corrected chi connectivity index (χ4v) is 5.92. The molecule has 0 aromatic heterocycles. The average molecular weight is 618 g/mol. The van der Waals surface area contributed by atoms with E-state index in [-0.39, 0.29) is 31.0 Å². The summed E-state index contributed by atoms with van der Waals surface area (Å²) in [6.07, 6.45) is -12.9. The minimum absolute atomic E-state index is 0.0397. The van der Waals surface area contributed by atoms with Gasteiger partial charge in [0.1, 0.15) is 12.0 Å². The standard InChI is InChI=1S/C25H20Cl2F7NO3S/c26-17-6-15(7-18(27)21(17)28)22(3-4-39,25(32,33)34)8-19(36)13-1-2-16-14(5-13)10-38-23(16)11-35(12-23)20(37)9-24(29,30)31/h1-2,5-7,39H,3-4,8-12H2. The summed E-state index contributed by atoms with van der Waals surface area (Å²) >= 11 is 15.5. The molecule has 2 aromatic rings. The first-order valence-corrected chi connectivity index (χ1v) is 12.9. The van der Waals surface area contributed by atoms with Crippen LogP contribution in [0.1, 0.15) is 46.3 Å². The van der Waals surface area contributed by atoms with Gasteiger partial charge in [0.25, 0.3) is 0 Å². The number of hydrogen-bond donors (Lipinski definition) is 1. The van der Waals surface area contributed by atoms with E-state index >= 15 is 0 Å². The third-order valence-electron chi connectivity index (χ3n) is 7.10. The summed E-state index contributed by atoms with van der Waals surface area (Å²) < 4.78 is 101. The van der Waals surface area contributed by atoms with Gasteiger partial charge in [0.05, 0.1) is 35.2 Å². The van der Waals surface area contributed by atoms with Crippen molar-refractivity contribution >= 4 is 47.5 Å². The van der Waals surface area contributed by atoms with Crippen molar-refractivity contribution < 1.29 is 45.1 Å². The van der Waals surface area contributed by atoms with Crippen LogP contribution in [-0.2, 0) is 27.2 Å². The minimum Gasteiger partial charge on any atom is -0.362 e. The molecule has 39 heavy (non-hydrogen) atoms. The van der Waals surface area contributed by atoms with Crippen LogP contribution in [0.3, 0.4) is 0 Å². The van der Waals surface area contributed by atoms with Crippen LogP contribution in [-0.4, -0.2) is 47.8 Å². The first kappa shape index (κ1) is 30.0. The number of halogens is 9. The van der Waals surface area contributed by atoms with Crippen LogP contribution < -0.4 is 0 Å². The van der Waals surface area contributed by atoms with Crippen molar-refractivity contribution in [1.82, 2.24) is 4.90 Å². The molecule has 1 amide bonds. The first-order valence-electron chi connectivity index (χ1n) is 11.5. The lowest BCUT2D eigenvalue weighted by atomic mass is 9.72. The average Bonchev–Trinajstić information content (AvgIpc) is 3.18. The molecule has 2 aliphatic heterocycles. The lowest BCUT2D eigenvalue weighted by Gasteiger charge is -2.47. The second-order valence-corrected chi connectivity index (χ2v) is 10.9. The van der Waals surface area contributed by atoms with Gasteiger partial charge in [0, 0.05) is 12.0 Å². The van der Waals surface area contributed by atoms with E-state index in [0.29, 0.717) is 11.1 Å². The maximum absolute atomic E-state index is 14.6. The highest BCUT2D eigenvalue weighted by atomic mass is 35.5. The monoisotopic (exact) mass is 617 g/mol. The molecule has 1 saturated heterocycles. The molecule has 0 bridgehead atoms. The fraction of sp³-hybridized carbons (Fsp3) is 0.440. The predicted molar refractivity (Wildman–Crippen MR) is 132 cm³/mol. The number of thiol groups is 1. The first-order chi connectivity index (χ1) is 18.0. The van der Waals surface area contributed by atoms with E-state index in [1.165, 1.54) is 18.2 Å². The van der Waals surface area contributed by atoms with Gasteiger partial charge in [-0.2, -0.15) is 39.0 Å². The molecule has 2 aliphatic rings. The second kappa shape index (κ2) is 10.4. The summed E-state index contributed by atoms with van der Waals surface area (Å²) in [5, 5.41) is -1.25. The quantitative estimate of drug-likeness (QED) is 0.157. The van der Waals surface area contributed by atoms with Crippen LogP contribution in [0.25, 0.3) is 0 Å². The highest BCUT2D eigenvalue weighted by Crippen LogP contribution is 2.49. The Hall–Kier alpha value is -2.02. The molecular weight excluding hydrogens is 598 g/mol. The third-order valence-corrected chi connectivity index (χ3v) is 7.87. The number of nitrogens with zero attached hydrogens (tertiary/aromatic N) is 1. The van der Waals surface area contributed by atoms with Crippen molar-refractivity contribution in [2.24, 2.45) is 0 Å². The number of ether oxygens (including phenoxy) is 1. The smallest absolute Gasteiger partial charge is 0.362 e. The number of rotatable bonds is 7. The number of Topliss-reactive ketones (excluding diaryl/α,β-unsaturated/α-hetero) is 1. The van der Waals surface area contributed by atoms with Crippen LogP contribution >= 0.6 is 35.8 Å². The lowest BCUT2D eigenvalue weighted by molar-refractivity contribution is -0.191. The molecular formula is C25H20Cl2F7NO3S. The van der Waals surface area contributed by atoms with Crippen molar-refractivity contribution in [2.75, 3.05) is 18.8 Å². The fourth-order valence-electron chi connectivity index (χ4n) is 5.06. The molecule has 0 radical (unpaired) electrons. The number of carbonyl (C=O) groups is 2. The van der Waals surface area contributed by atoms with Crippen molar-refractivity contribution in [1.29, 1.82) is 0 Å². The van der Waals surface area contributed by atoms with Crippen molar-refractivity contribution in [3.05, 3.63) is 68.4 Å². The SMILES string of the molecule is O=C(CC(CCS)(c1cc(Cl)c(F)c(Cl)c1)C(F)(F)F)c1ccc2c(c1)COC21CN(C(=O)CC(F)(F)F)C1. The Kier molecular flexibility index (Phi) is 8.01. The maximum Gasteiger partial charge on any atom is 0.398 e. The van der Waals surface area contributed by atoms with E-state index in [0.717, 1.165) is 17.0 Å². The number of carbonyl (C=O) groups excluding carboxylic acids is 2. The van der Waals surface area contributed by atoms with Gasteiger partial charge in [-0.05, 0) is 47.1 Å². The van der Waals surface area contributed by atoms with E-state index in [1.54, 1.807) is 0 Å². The van der Waals surface area contributed by atoms with Crippen molar-refractivity contribution in [3.8, 4) is 0 Å².